The molecule has 3 aliphatic carbocycles. The first-order valence-electron chi connectivity index (χ1n) is 34.0. The van der Waals surface area contributed by atoms with E-state index in [1.165, 1.54) is 69.0 Å². The highest BCUT2D eigenvalue weighted by Crippen LogP contribution is 2.55. The quantitative estimate of drug-likeness (QED) is 0.0591. The zero-order chi connectivity index (χ0) is 68.8. The number of hydrogen-bond acceptors (Lipinski definition) is 20. The standard InChI is InChI=1S/C21H25NO2S2.C16H29NO2S3.C12H21NOS2.C10H17NOS2.C10H19NOS2/c1-14(23)21(25-11-12-26-21)18(22-19(24)20(2,3)4)17-10-9-15-7-5-6-8-16(15)13-17;1-5-6-13(17-22(19)15(2,3)4)16(20-9-10-21-16)14(18)11-12-7-8-12;1-2-3-10(13)12(15-6-7-16-12)11(14)8-9-4-5-9;1-7(12)10(13-4-5-14-10)9(11)6-8-2-3-8;1-7(2)6-9(11)10(8(3)12)13-4-5-14-10/h5-10,13,18H,11-12H2,1-4H3,(H,22,24);12-13,17H,5-11H2,1-4H3;9-10H,2-8,13H2,1H3;8-9H,2-6,11H2,1H3;7,9H,4-6,11H2,1-3H3/i18D;;;;. The van der Waals surface area contributed by atoms with Crippen LogP contribution in [0.25, 0.3) is 10.8 Å². The molecule has 2 aromatic rings. The zero-order valence-electron chi connectivity index (χ0n) is 58.2. The molecule has 0 bridgehead atoms. The van der Waals surface area contributed by atoms with Gasteiger partial charge in [-0.3, -0.25) is 28.8 Å². The minimum atomic E-state index is -1.56. The van der Waals surface area contributed by atoms with Crippen molar-refractivity contribution in [3.05, 3.63) is 48.0 Å². The highest BCUT2D eigenvalue weighted by molar-refractivity contribution is 8.24. The highest BCUT2D eigenvalue weighted by atomic mass is 32.2. The molecule has 0 radical (unpaired) electrons. The Hall–Kier alpha value is 0.01000. The molecule has 0 spiro atoms. The molecule has 12 nitrogen and oxygen atoms in total. The minimum absolute atomic E-state index is 0.00121. The number of rotatable bonds is 26. The summed E-state index contributed by atoms with van der Waals surface area (Å²) in [6.45, 7) is 24.9. The molecule has 520 valence electrons. The molecule has 92 heavy (non-hydrogen) atoms. The normalized spacial score (nSPS) is 23.4. The van der Waals surface area contributed by atoms with Gasteiger partial charge in [-0.15, -0.1) is 118 Å². The van der Waals surface area contributed by atoms with Gasteiger partial charge in [0.1, 0.15) is 20.4 Å². The third-order valence-electron chi connectivity index (χ3n) is 17.3. The molecule has 8 fully saturated rings. The van der Waals surface area contributed by atoms with Gasteiger partial charge in [-0.25, -0.2) is 8.93 Å². The highest BCUT2D eigenvalue weighted by Gasteiger charge is 2.53. The van der Waals surface area contributed by atoms with Gasteiger partial charge >= 0.3 is 0 Å². The van der Waals surface area contributed by atoms with Gasteiger partial charge in [-0.2, -0.15) is 0 Å². The van der Waals surface area contributed by atoms with Crippen LogP contribution in [-0.4, -0.2) is 146 Å². The monoisotopic (exact) mass is 1470 g/mol. The summed E-state index contributed by atoms with van der Waals surface area (Å²) in [5.41, 5.74) is 18.6. The van der Waals surface area contributed by atoms with Gasteiger partial charge in [0.2, 0.25) is 5.91 Å². The molecule has 10 rings (SSSR count). The topological polar surface area (TPSA) is 222 Å². The molecule has 6 atom stereocenters. The first-order valence-corrected chi connectivity index (χ1v) is 44.5. The van der Waals surface area contributed by atoms with Gasteiger partial charge < -0.3 is 22.5 Å². The Balaban J connectivity index is 0.000000189. The van der Waals surface area contributed by atoms with Crippen LogP contribution in [0.4, 0.5) is 0 Å². The summed E-state index contributed by atoms with van der Waals surface area (Å²) in [6, 6.07) is 12.2. The Kier molecular flexibility index (Phi) is 31.5. The third kappa shape index (κ3) is 22.0. The molecule has 6 unspecified atom stereocenters. The number of amides is 1. The Bertz CT molecular complexity index is 2800. The maximum Gasteiger partial charge on any atom is 0.225 e. The van der Waals surface area contributed by atoms with Gasteiger partial charge in [0.05, 0.1) is 29.2 Å². The molecular formula is C69H111N5O7S11. The fourth-order valence-electron chi connectivity index (χ4n) is 11.5. The summed E-state index contributed by atoms with van der Waals surface area (Å²) < 4.78 is 22.6. The molecule has 8 N–H and O–H groups in total. The second-order valence-electron chi connectivity index (χ2n) is 28.0. The fourth-order valence-corrected chi connectivity index (χ4v) is 28.6. The zero-order valence-corrected chi connectivity index (χ0v) is 66.2. The molecule has 0 aromatic heterocycles. The number of Topliss-reactive ketones (excluding diaryl/α,β-unsaturated/α-hetero) is 5. The molecular weight excluding hydrogens is 1360 g/mol. The van der Waals surface area contributed by atoms with Crippen molar-refractivity contribution in [2.75, 3.05) is 57.5 Å². The summed E-state index contributed by atoms with van der Waals surface area (Å²) in [6.07, 6.45) is 14.9. The number of nitrogens with two attached hydrogens (primary N) is 3. The smallest absolute Gasteiger partial charge is 0.225 e. The maximum atomic E-state index is 13.0. The van der Waals surface area contributed by atoms with Crippen LogP contribution in [-0.2, 0) is 39.8 Å². The maximum absolute atomic E-state index is 13.0. The predicted octanol–water partition coefficient (Wildman–Crippen LogP) is 15.2. The summed E-state index contributed by atoms with van der Waals surface area (Å²) in [5.74, 6) is 13.6. The van der Waals surface area contributed by atoms with E-state index in [1.54, 1.807) is 108 Å². The Morgan fingerprint density at radius 1 is 0.554 bits per heavy atom. The number of fused-ring (bicyclic) bond motifs is 1. The van der Waals surface area contributed by atoms with Crippen LogP contribution in [0.5, 0.6) is 0 Å². The van der Waals surface area contributed by atoms with Crippen molar-refractivity contribution in [2.45, 2.75) is 235 Å². The van der Waals surface area contributed by atoms with Crippen molar-refractivity contribution < 1.29 is 34.3 Å². The van der Waals surface area contributed by atoms with E-state index in [2.05, 4.69) is 37.7 Å². The predicted molar refractivity (Wildman–Crippen MR) is 415 cm³/mol. The lowest BCUT2D eigenvalue weighted by Gasteiger charge is -2.36. The van der Waals surface area contributed by atoms with Crippen LogP contribution in [0.15, 0.2) is 42.5 Å². The molecule has 1 amide bonds. The van der Waals surface area contributed by atoms with Crippen molar-refractivity contribution >= 4 is 174 Å². The number of benzene rings is 2. The summed E-state index contributed by atoms with van der Waals surface area (Å²) >= 11 is 17.1. The van der Waals surface area contributed by atoms with Gasteiger partial charge in [-0.1, -0.05) is 111 Å². The van der Waals surface area contributed by atoms with Crippen LogP contribution in [0, 0.1) is 29.1 Å². The van der Waals surface area contributed by atoms with Crippen LogP contribution < -0.4 is 27.2 Å². The van der Waals surface area contributed by atoms with Crippen molar-refractivity contribution in [2.24, 2.45) is 46.3 Å². The van der Waals surface area contributed by atoms with E-state index in [-0.39, 0.29) is 64.4 Å². The van der Waals surface area contributed by atoms with Gasteiger partial charge in [0.25, 0.3) is 0 Å². The number of ketones is 5. The largest absolute Gasteiger partial charge is 0.346 e. The van der Waals surface area contributed by atoms with Gasteiger partial charge in [0, 0.05) is 93.9 Å². The van der Waals surface area contributed by atoms with Crippen LogP contribution in [0.1, 0.15) is 193 Å². The van der Waals surface area contributed by atoms with E-state index >= 15 is 0 Å². The van der Waals surface area contributed by atoms with Crippen LogP contribution in [0.3, 0.4) is 0 Å². The second kappa shape index (κ2) is 36.6. The number of hydrogen-bond donors (Lipinski definition) is 5. The lowest BCUT2D eigenvalue weighted by molar-refractivity contribution is -0.129. The van der Waals surface area contributed by atoms with E-state index in [0.717, 1.165) is 119 Å². The number of carbonyl (C=O) groups excluding carboxylic acids is 6. The van der Waals surface area contributed by atoms with E-state index in [4.69, 9.17) is 17.2 Å². The molecule has 23 heteroatoms. The van der Waals surface area contributed by atoms with Gasteiger partial charge in [-0.05, 0) is 139 Å². The molecule has 3 saturated carbocycles. The average Bonchev–Trinajstić information content (AvgIpc) is 1.64. The molecule has 5 saturated heterocycles. The Labute approximate surface area is 600 Å². The summed E-state index contributed by atoms with van der Waals surface area (Å²) in [7, 11) is -1.13. The molecule has 2 aromatic carbocycles. The van der Waals surface area contributed by atoms with Crippen molar-refractivity contribution in [1.82, 2.24) is 10.0 Å². The van der Waals surface area contributed by atoms with E-state index in [1.807, 2.05) is 84.0 Å². The second-order valence-corrected chi connectivity index (χ2v) is 44.6. The number of carbonyl (C=O) groups is 6. The first kappa shape index (κ1) is 79.3. The molecule has 5 heterocycles. The Morgan fingerprint density at radius 2 is 0.957 bits per heavy atom. The van der Waals surface area contributed by atoms with E-state index in [9.17, 15) is 34.3 Å². The minimum Gasteiger partial charge on any atom is -0.346 e. The van der Waals surface area contributed by atoms with E-state index in [0.29, 0.717) is 41.3 Å². The molecule has 5 aliphatic heterocycles. The third-order valence-corrected chi connectivity index (χ3v) is 37.5. The Morgan fingerprint density at radius 3 is 1.36 bits per heavy atom. The SMILES string of the molecule is CC(=O)C1(C(N)CC(C)C)SCCS1.CC(=O)C1(C(N)CC2CC2)SCCS1.CCCC(N)C1(C(=O)CC2CC2)SCCS1.CCCC(NS(=O)C(C)(C)C)C1(C(=O)CC2CC2)SCCS1.[2H]C(NC(=O)C(C)(C)C)(c1ccc2ccccc2c1)C1(C(C)=O)SCCS1. The summed E-state index contributed by atoms with van der Waals surface area (Å²) in [5, 5.41) is 5.00. The first-order chi connectivity index (χ1) is 43.7. The average molecular weight is 1480 g/mol. The van der Waals surface area contributed by atoms with Crippen molar-refractivity contribution in [3.8, 4) is 0 Å². The summed E-state index contributed by atoms with van der Waals surface area (Å²) in [4.78, 5) is 74.4. The van der Waals surface area contributed by atoms with Crippen LogP contribution in [0.2, 0.25) is 0 Å². The fraction of sp³-hybridized carbons (Fsp3) is 0.768. The van der Waals surface area contributed by atoms with Crippen LogP contribution >= 0.6 is 118 Å². The van der Waals surface area contributed by atoms with E-state index < -0.39 is 30.6 Å². The lowest BCUT2D eigenvalue weighted by atomic mass is 9.92. The number of nitrogens with one attached hydrogen (secondary N) is 2. The lowest BCUT2D eigenvalue weighted by Crippen LogP contribution is -2.53. The molecule has 8 aliphatic rings. The van der Waals surface area contributed by atoms with Gasteiger partial charge in [0.15, 0.2) is 28.9 Å². The van der Waals surface area contributed by atoms with Crippen molar-refractivity contribution in [3.63, 3.8) is 0 Å². The van der Waals surface area contributed by atoms with Crippen molar-refractivity contribution in [1.29, 1.82) is 0 Å². The number of thioether (sulfide) groups is 10.